The van der Waals surface area contributed by atoms with Crippen molar-refractivity contribution in [1.29, 1.82) is 0 Å². The van der Waals surface area contributed by atoms with E-state index in [1.807, 2.05) is 6.07 Å². The lowest BCUT2D eigenvalue weighted by Crippen LogP contribution is -1.97. The van der Waals surface area contributed by atoms with Gasteiger partial charge in [0, 0.05) is 5.69 Å². The molecule has 0 spiro atoms. The van der Waals surface area contributed by atoms with Crippen molar-refractivity contribution in [3.63, 3.8) is 0 Å². The highest BCUT2D eigenvalue weighted by atomic mass is 14.5. The van der Waals surface area contributed by atoms with E-state index in [0.717, 1.165) is 5.69 Å². The first kappa shape index (κ1) is 10.1. The van der Waals surface area contributed by atoms with Gasteiger partial charge in [-0.25, -0.2) is 0 Å². The zero-order valence-corrected chi connectivity index (χ0v) is 8.80. The summed E-state index contributed by atoms with van der Waals surface area (Å²) in [4.78, 5) is 0. The highest BCUT2D eigenvalue weighted by molar-refractivity contribution is 5.48. The summed E-state index contributed by atoms with van der Waals surface area (Å²) in [7, 11) is 0. The molecule has 0 aromatic heterocycles. The van der Waals surface area contributed by atoms with Crippen molar-refractivity contribution in [3.8, 4) is 0 Å². The van der Waals surface area contributed by atoms with Gasteiger partial charge in [0.15, 0.2) is 0 Å². The molecule has 0 radical (unpaired) electrons. The normalized spacial score (nSPS) is 10.8. The smallest absolute Gasteiger partial charge is 0.0343 e. The molecule has 72 valence electrons. The Hall–Kier alpha value is -0.980. The second kappa shape index (κ2) is 4.31. The predicted molar refractivity (Wildman–Crippen MR) is 58.9 cm³/mol. The maximum Gasteiger partial charge on any atom is 0.0343 e. The molecule has 0 unspecified atom stereocenters. The van der Waals surface area contributed by atoms with Crippen LogP contribution in [0.15, 0.2) is 18.2 Å². The summed E-state index contributed by atoms with van der Waals surface area (Å²) >= 11 is 0. The second-order valence-electron chi connectivity index (χ2n) is 3.63. The molecule has 0 aliphatic carbocycles. The van der Waals surface area contributed by atoms with Crippen molar-refractivity contribution in [3.05, 3.63) is 29.3 Å². The Labute approximate surface area is 81.0 Å². The number of rotatable bonds is 3. The van der Waals surface area contributed by atoms with Gasteiger partial charge in [-0.1, -0.05) is 26.0 Å². The number of nitrogens with two attached hydrogens (primary N) is 1. The molecule has 0 saturated carbocycles. The molecule has 1 heteroatoms. The third kappa shape index (κ3) is 2.24. The highest BCUT2D eigenvalue weighted by Crippen LogP contribution is 2.25. The van der Waals surface area contributed by atoms with Gasteiger partial charge >= 0.3 is 0 Å². The minimum atomic E-state index is 0.694. The van der Waals surface area contributed by atoms with Crippen molar-refractivity contribution in [2.24, 2.45) is 0 Å². The van der Waals surface area contributed by atoms with Crippen LogP contribution in [0.1, 0.15) is 43.7 Å². The summed E-state index contributed by atoms with van der Waals surface area (Å²) in [6.07, 6.45) is 2.42. The van der Waals surface area contributed by atoms with Gasteiger partial charge in [-0.05, 0) is 42.9 Å². The van der Waals surface area contributed by atoms with E-state index in [-0.39, 0.29) is 0 Å². The Balaban J connectivity index is 2.95. The summed E-state index contributed by atoms with van der Waals surface area (Å²) in [5.41, 5.74) is 9.30. The Morgan fingerprint density at radius 1 is 1.23 bits per heavy atom. The molecule has 0 heterocycles. The van der Waals surface area contributed by atoms with Crippen LogP contribution in [-0.2, 0) is 0 Å². The van der Waals surface area contributed by atoms with E-state index in [1.54, 1.807) is 0 Å². The van der Waals surface area contributed by atoms with Crippen molar-refractivity contribution in [2.75, 3.05) is 5.73 Å². The second-order valence-corrected chi connectivity index (χ2v) is 3.63. The molecule has 1 aromatic rings. The van der Waals surface area contributed by atoms with Gasteiger partial charge in [0.25, 0.3) is 0 Å². The molecule has 0 amide bonds. The average molecular weight is 177 g/mol. The third-order valence-electron chi connectivity index (χ3n) is 2.75. The van der Waals surface area contributed by atoms with Crippen LogP contribution in [0.2, 0.25) is 0 Å². The topological polar surface area (TPSA) is 26.0 Å². The molecule has 1 rings (SSSR count). The predicted octanol–water partition coefficient (Wildman–Crippen LogP) is 3.48. The summed E-state index contributed by atoms with van der Waals surface area (Å²) in [6, 6.07) is 6.38. The third-order valence-corrected chi connectivity index (χ3v) is 2.75. The molecule has 2 N–H and O–H groups in total. The van der Waals surface area contributed by atoms with Crippen LogP contribution in [0.3, 0.4) is 0 Å². The Bertz CT molecular complexity index is 274. The van der Waals surface area contributed by atoms with Crippen LogP contribution in [0.25, 0.3) is 0 Å². The number of anilines is 1. The first-order chi connectivity index (χ1) is 6.19. The van der Waals surface area contributed by atoms with Gasteiger partial charge in [-0.2, -0.15) is 0 Å². The first-order valence-corrected chi connectivity index (χ1v) is 5.05. The quantitative estimate of drug-likeness (QED) is 0.703. The number of hydrogen-bond acceptors (Lipinski definition) is 1. The van der Waals surface area contributed by atoms with Gasteiger partial charge in [-0.3, -0.25) is 0 Å². The Kier molecular flexibility index (Phi) is 3.35. The van der Waals surface area contributed by atoms with E-state index in [1.165, 1.54) is 24.0 Å². The van der Waals surface area contributed by atoms with Gasteiger partial charge < -0.3 is 5.73 Å². The highest BCUT2D eigenvalue weighted by Gasteiger charge is 2.06. The molecule has 0 atom stereocenters. The van der Waals surface area contributed by atoms with Gasteiger partial charge in [0.2, 0.25) is 0 Å². The lowest BCUT2D eigenvalue weighted by Gasteiger charge is -2.13. The fraction of sp³-hybridized carbons (Fsp3) is 0.500. The fourth-order valence-electron chi connectivity index (χ4n) is 1.71. The number of hydrogen-bond donors (Lipinski definition) is 1. The minimum Gasteiger partial charge on any atom is -0.399 e. The molecule has 1 aromatic carbocycles. The maximum absolute atomic E-state index is 5.77. The van der Waals surface area contributed by atoms with E-state index in [0.29, 0.717) is 5.92 Å². The van der Waals surface area contributed by atoms with Crippen LogP contribution in [0.4, 0.5) is 5.69 Å². The van der Waals surface area contributed by atoms with E-state index in [4.69, 9.17) is 5.73 Å². The van der Waals surface area contributed by atoms with Crippen LogP contribution in [-0.4, -0.2) is 0 Å². The molecular formula is C12H19N. The number of nitrogen functional groups attached to an aromatic ring is 1. The van der Waals surface area contributed by atoms with Gasteiger partial charge in [-0.15, -0.1) is 0 Å². The first-order valence-electron chi connectivity index (χ1n) is 5.05. The van der Waals surface area contributed by atoms with E-state index in [2.05, 4.69) is 32.9 Å². The van der Waals surface area contributed by atoms with Crippen molar-refractivity contribution >= 4 is 5.69 Å². The lowest BCUT2D eigenvalue weighted by molar-refractivity contribution is 0.641. The van der Waals surface area contributed by atoms with Crippen molar-refractivity contribution < 1.29 is 0 Å². The Morgan fingerprint density at radius 2 is 1.85 bits per heavy atom. The van der Waals surface area contributed by atoms with E-state index < -0.39 is 0 Å². The van der Waals surface area contributed by atoms with Crippen LogP contribution >= 0.6 is 0 Å². The van der Waals surface area contributed by atoms with Gasteiger partial charge in [0.1, 0.15) is 0 Å². The largest absolute Gasteiger partial charge is 0.399 e. The molecule has 0 bridgehead atoms. The molecule has 13 heavy (non-hydrogen) atoms. The Morgan fingerprint density at radius 3 is 2.31 bits per heavy atom. The number of aryl methyl sites for hydroxylation is 1. The fourth-order valence-corrected chi connectivity index (χ4v) is 1.71. The molecule has 0 saturated heterocycles. The SMILES string of the molecule is CCC(CC)c1ccc(N)c(C)c1. The molecule has 0 fully saturated rings. The van der Waals surface area contributed by atoms with Crippen LogP contribution in [0, 0.1) is 6.92 Å². The van der Waals surface area contributed by atoms with Gasteiger partial charge in [0.05, 0.1) is 0 Å². The van der Waals surface area contributed by atoms with Crippen molar-refractivity contribution in [1.82, 2.24) is 0 Å². The van der Waals surface area contributed by atoms with Crippen LogP contribution < -0.4 is 5.73 Å². The number of benzene rings is 1. The molecular weight excluding hydrogens is 158 g/mol. The molecule has 0 aliphatic heterocycles. The summed E-state index contributed by atoms with van der Waals surface area (Å²) in [6.45, 7) is 6.54. The monoisotopic (exact) mass is 177 g/mol. The standard InChI is InChI=1S/C12H19N/c1-4-10(5-2)11-6-7-12(13)9(3)8-11/h6-8,10H,4-5,13H2,1-3H3. The van der Waals surface area contributed by atoms with E-state index >= 15 is 0 Å². The summed E-state index contributed by atoms with van der Waals surface area (Å²) in [5, 5.41) is 0. The summed E-state index contributed by atoms with van der Waals surface area (Å²) in [5.74, 6) is 0.694. The summed E-state index contributed by atoms with van der Waals surface area (Å²) < 4.78 is 0. The minimum absolute atomic E-state index is 0.694. The maximum atomic E-state index is 5.77. The zero-order valence-electron chi connectivity index (χ0n) is 8.80. The molecule has 0 aliphatic rings. The zero-order chi connectivity index (χ0) is 9.84. The average Bonchev–Trinajstić information content (AvgIpc) is 2.13. The molecule has 1 nitrogen and oxygen atoms in total. The van der Waals surface area contributed by atoms with Crippen molar-refractivity contribution in [2.45, 2.75) is 39.5 Å². The van der Waals surface area contributed by atoms with E-state index in [9.17, 15) is 0 Å². The van der Waals surface area contributed by atoms with Crippen LogP contribution in [0.5, 0.6) is 0 Å². The lowest BCUT2D eigenvalue weighted by atomic mass is 9.92.